The van der Waals surface area contributed by atoms with Gasteiger partial charge < -0.3 is 24.4 Å². The third-order valence-corrected chi connectivity index (χ3v) is 6.40. The molecule has 8 heteroatoms. The van der Waals surface area contributed by atoms with Crippen LogP contribution in [0.3, 0.4) is 0 Å². The van der Waals surface area contributed by atoms with E-state index < -0.39 is 0 Å². The van der Waals surface area contributed by atoms with E-state index in [1.54, 1.807) is 4.90 Å². The molecule has 0 aliphatic carbocycles. The predicted octanol–water partition coefficient (Wildman–Crippen LogP) is 1.96. The van der Waals surface area contributed by atoms with E-state index in [1.165, 1.54) is 5.56 Å². The van der Waals surface area contributed by atoms with Crippen molar-refractivity contribution in [3.63, 3.8) is 0 Å². The number of morpholine rings is 1. The lowest BCUT2D eigenvalue weighted by molar-refractivity contribution is -0.126. The molecular weight excluding hydrogens is 422 g/mol. The van der Waals surface area contributed by atoms with Crippen LogP contribution < -0.4 is 19.7 Å². The molecule has 0 spiro atoms. The number of fused-ring (bicyclic) bond motifs is 1. The predicted molar refractivity (Wildman–Crippen MR) is 122 cm³/mol. The number of carbonyl (C=O) groups is 2. The first-order valence-corrected chi connectivity index (χ1v) is 11.5. The molecule has 5 rings (SSSR count). The second kappa shape index (κ2) is 9.80. The maximum Gasteiger partial charge on any atom is 0.227 e. The Hall–Kier alpha value is -3.10. The average molecular weight is 452 g/mol. The molecule has 0 radical (unpaired) electrons. The van der Waals surface area contributed by atoms with Gasteiger partial charge in [0.25, 0.3) is 0 Å². The molecule has 1 unspecified atom stereocenters. The molecule has 2 aromatic carbocycles. The van der Waals surface area contributed by atoms with Crippen LogP contribution in [0.4, 0.5) is 5.69 Å². The Morgan fingerprint density at radius 2 is 1.73 bits per heavy atom. The number of ether oxygens (including phenoxy) is 3. The number of hydrogen-bond acceptors (Lipinski definition) is 6. The van der Waals surface area contributed by atoms with E-state index in [0.717, 1.165) is 44.1 Å². The largest absolute Gasteiger partial charge is 0.486 e. The van der Waals surface area contributed by atoms with E-state index in [-0.39, 0.29) is 24.2 Å². The molecule has 8 nitrogen and oxygen atoms in total. The van der Waals surface area contributed by atoms with Gasteiger partial charge in [-0.1, -0.05) is 24.3 Å². The number of hydrogen-bond donors (Lipinski definition) is 1. The molecule has 3 aliphatic heterocycles. The summed E-state index contributed by atoms with van der Waals surface area (Å²) in [6.45, 7) is 6.02. The molecule has 0 aromatic heterocycles. The summed E-state index contributed by atoms with van der Waals surface area (Å²) in [5, 5.41) is 3.06. The Morgan fingerprint density at radius 3 is 2.55 bits per heavy atom. The first-order valence-electron chi connectivity index (χ1n) is 11.5. The van der Waals surface area contributed by atoms with Gasteiger partial charge in [-0.15, -0.1) is 0 Å². The number of carbonyl (C=O) groups excluding carboxylic acids is 2. The van der Waals surface area contributed by atoms with Gasteiger partial charge in [-0.3, -0.25) is 14.5 Å². The minimum Gasteiger partial charge on any atom is -0.486 e. The molecule has 174 valence electrons. The van der Waals surface area contributed by atoms with Crippen LogP contribution in [0.25, 0.3) is 0 Å². The quantitative estimate of drug-likeness (QED) is 0.723. The van der Waals surface area contributed by atoms with Crippen molar-refractivity contribution in [2.24, 2.45) is 5.92 Å². The highest BCUT2D eigenvalue weighted by molar-refractivity contribution is 6.00. The van der Waals surface area contributed by atoms with Gasteiger partial charge in [0.15, 0.2) is 11.5 Å². The fourth-order valence-corrected chi connectivity index (χ4v) is 4.54. The van der Waals surface area contributed by atoms with Gasteiger partial charge in [0, 0.05) is 50.9 Å². The van der Waals surface area contributed by atoms with Crippen LogP contribution in [0.1, 0.15) is 17.5 Å². The molecule has 1 N–H and O–H groups in total. The fourth-order valence-electron chi connectivity index (χ4n) is 4.54. The van der Waals surface area contributed by atoms with E-state index in [4.69, 9.17) is 14.2 Å². The van der Waals surface area contributed by atoms with E-state index in [1.807, 2.05) is 30.3 Å². The second-order valence-electron chi connectivity index (χ2n) is 8.61. The van der Waals surface area contributed by atoms with E-state index in [2.05, 4.69) is 22.3 Å². The Kier molecular flexibility index (Phi) is 6.46. The molecule has 0 saturated carbocycles. The van der Waals surface area contributed by atoms with Crippen molar-refractivity contribution in [1.29, 1.82) is 0 Å². The molecule has 1 atom stereocenters. The summed E-state index contributed by atoms with van der Waals surface area (Å²) in [5.41, 5.74) is 3.04. The van der Waals surface area contributed by atoms with Crippen LogP contribution >= 0.6 is 0 Å². The number of anilines is 1. The van der Waals surface area contributed by atoms with Crippen LogP contribution in [0.5, 0.6) is 11.5 Å². The molecule has 33 heavy (non-hydrogen) atoms. The van der Waals surface area contributed by atoms with Gasteiger partial charge in [-0.25, -0.2) is 0 Å². The fraction of sp³-hybridized carbons (Fsp3) is 0.440. The van der Waals surface area contributed by atoms with Crippen molar-refractivity contribution in [3.8, 4) is 11.5 Å². The Labute approximate surface area is 193 Å². The zero-order valence-corrected chi connectivity index (χ0v) is 18.6. The summed E-state index contributed by atoms with van der Waals surface area (Å²) < 4.78 is 16.6. The third-order valence-electron chi connectivity index (χ3n) is 6.40. The number of nitrogens with zero attached hydrogens (tertiary/aromatic N) is 2. The van der Waals surface area contributed by atoms with Crippen LogP contribution in [0, 0.1) is 5.92 Å². The standard InChI is InChI=1S/C25H29N3O5/c29-24-13-20(17-28(24)21-5-6-22-23(14-21)33-12-11-32-22)25(30)26-15-18-3-1-2-4-19(18)16-27-7-9-31-10-8-27/h1-6,14,20H,7-13,15-17H2,(H,26,30). The van der Waals surface area contributed by atoms with Crippen molar-refractivity contribution >= 4 is 17.5 Å². The molecule has 0 bridgehead atoms. The summed E-state index contributed by atoms with van der Waals surface area (Å²) >= 11 is 0. The zero-order valence-electron chi connectivity index (χ0n) is 18.6. The van der Waals surface area contributed by atoms with Crippen molar-refractivity contribution < 1.29 is 23.8 Å². The topological polar surface area (TPSA) is 80.3 Å². The zero-order chi connectivity index (χ0) is 22.6. The van der Waals surface area contributed by atoms with E-state index in [0.29, 0.717) is 37.8 Å². The summed E-state index contributed by atoms with van der Waals surface area (Å²) in [4.78, 5) is 29.6. The third kappa shape index (κ3) is 4.96. The normalized spacial score (nSPS) is 20.7. The van der Waals surface area contributed by atoms with Gasteiger partial charge in [0.2, 0.25) is 11.8 Å². The van der Waals surface area contributed by atoms with Crippen LogP contribution in [0.15, 0.2) is 42.5 Å². The number of rotatable bonds is 6. The summed E-state index contributed by atoms with van der Waals surface area (Å²) in [6, 6.07) is 13.7. The SMILES string of the molecule is O=C(NCc1ccccc1CN1CCOCC1)C1CC(=O)N(c2ccc3c(c2)OCCO3)C1. The summed E-state index contributed by atoms with van der Waals surface area (Å²) in [5.74, 6) is 0.791. The van der Waals surface area contributed by atoms with Crippen molar-refractivity contribution in [2.45, 2.75) is 19.5 Å². The Morgan fingerprint density at radius 1 is 0.970 bits per heavy atom. The van der Waals surface area contributed by atoms with Gasteiger partial charge in [-0.2, -0.15) is 0 Å². The number of benzene rings is 2. The van der Waals surface area contributed by atoms with Crippen molar-refractivity contribution in [2.75, 3.05) is 51.0 Å². The highest BCUT2D eigenvalue weighted by atomic mass is 16.6. The van der Waals surface area contributed by atoms with Crippen LogP contribution in [0.2, 0.25) is 0 Å². The first-order chi connectivity index (χ1) is 16.2. The second-order valence-corrected chi connectivity index (χ2v) is 8.61. The summed E-state index contributed by atoms with van der Waals surface area (Å²) in [7, 11) is 0. The van der Waals surface area contributed by atoms with E-state index in [9.17, 15) is 9.59 Å². The maximum atomic E-state index is 12.9. The minimum absolute atomic E-state index is 0.0560. The molecule has 2 aromatic rings. The number of amides is 2. The molecule has 2 fully saturated rings. The van der Waals surface area contributed by atoms with Crippen LogP contribution in [-0.2, 0) is 27.4 Å². The number of nitrogens with one attached hydrogen (secondary N) is 1. The monoisotopic (exact) mass is 451 g/mol. The Bertz CT molecular complexity index is 1020. The lowest BCUT2D eigenvalue weighted by Gasteiger charge is -2.27. The van der Waals surface area contributed by atoms with Gasteiger partial charge in [0.1, 0.15) is 13.2 Å². The summed E-state index contributed by atoms with van der Waals surface area (Å²) in [6.07, 6.45) is 0.204. The van der Waals surface area contributed by atoms with Gasteiger partial charge >= 0.3 is 0 Å². The average Bonchev–Trinajstić information content (AvgIpc) is 3.25. The molecular formula is C25H29N3O5. The van der Waals surface area contributed by atoms with Gasteiger partial charge in [-0.05, 0) is 23.3 Å². The first kappa shape index (κ1) is 21.7. The van der Waals surface area contributed by atoms with Crippen LogP contribution in [-0.4, -0.2) is 62.8 Å². The minimum atomic E-state index is -0.378. The van der Waals surface area contributed by atoms with E-state index >= 15 is 0 Å². The smallest absolute Gasteiger partial charge is 0.227 e. The Balaban J connectivity index is 1.20. The molecule has 2 amide bonds. The lowest BCUT2D eigenvalue weighted by Crippen LogP contribution is -2.36. The lowest BCUT2D eigenvalue weighted by atomic mass is 10.1. The molecule has 3 aliphatic rings. The maximum absolute atomic E-state index is 12.9. The highest BCUT2D eigenvalue weighted by Crippen LogP contribution is 2.36. The highest BCUT2D eigenvalue weighted by Gasteiger charge is 2.35. The van der Waals surface area contributed by atoms with Crippen molar-refractivity contribution in [1.82, 2.24) is 10.2 Å². The van der Waals surface area contributed by atoms with Gasteiger partial charge in [0.05, 0.1) is 19.1 Å². The molecule has 2 saturated heterocycles. The van der Waals surface area contributed by atoms with Crippen molar-refractivity contribution in [3.05, 3.63) is 53.6 Å². The molecule has 3 heterocycles.